The highest BCUT2D eigenvalue weighted by atomic mass is 19.3. The molecular formula is C13H17F2NO3. The van der Waals surface area contributed by atoms with Crippen LogP contribution in [0.3, 0.4) is 0 Å². The lowest BCUT2D eigenvalue weighted by Gasteiger charge is -2.25. The van der Waals surface area contributed by atoms with Gasteiger partial charge >= 0.3 is 0 Å². The maximum atomic E-state index is 13.1. The van der Waals surface area contributed by atoms with Crippen LogP contribution in [0.4, 0.5) is 8.78 Å². The van der Waals surface area contributed by atoms with E-state index in [9.17, 15) is 8.78 Å². The molecule has 2 rings (SSSR count). The van der Waals surface area contributed by atoms with Crippen molar-refractivity contribution < 1.29 is 23.0 Å². The fourth-order valence-electron chi connectivity index (χ4n) is 2.14. The first kappa shape index (κ1) is 14.0. The third-order valence-electron chi connectivity index (χ3n) is 3.06. The van der Waals surface area contributed by atoms with Gasteiger partial charge in [0.15, 0.2) is 11.5 Å². The normalized spacial score (nSPS) is 19.5. The summed E-state index contributed by atoms with van der Waals surface area (Å²) in [5.41, 5.74) is 0.492. The maximum Gasteiger partial charge on any atom is 0.267 e. The number of methoxy groups -OCH3 is 2. The average molecular weight is 273 g/mol. The summed E-state index contributed by atoms with van der Waals surface area (Å²) in [5, 5.41) is 3.16. The SMILES string of the molecule is COc1cc(C2CNCCO2)cc(C(F)F)c1OC. The summed E-state index contributed by atoms with van der Waals surface area (Å²) in [6.07, 6.45) is -2.87. The third kappa shape index (κ3) is 2.96. The zero-order chi connectivity index (χ0) is 13.8. The molecule has 1 aliphatic rings. The van der Waals surface area contributed by atoms with Crippen LogP contribution in [0, 0.1) is 0 Å². The molecular weight excluding hydrogens is 256 g/mol. The first-order valence-electron chi connectivity index (χ1n) is 6.03. The second-order valence-corrected chi connectivity index (χ2v) is 4.21. The van der Waals surface area contributed by atoms with E-state index in [-0.39, 0.29) is 17.4 Å². The van der Waals surface area contributed by atoms with E-state index in [1.807, 2.05) is 0 Å². The van der Waals surface area contributed by atoms with Crippen LogP contribution in [0.5, 0.6) is 11.5 Å². The van der Waals surface area contributed by atoms with Gasteiger partial charge in [-0.2, -0.15) is 0 Å². The van der Waals surface area contributed by atoms with Crippen LogP contribution < -0.4 is 14.8 Å². The van der Waals surface area contributed by atoms with E-state index in [1.54, 1.807) is 6.07 Å². The highest BCUT2D eigenvalue weighted by Crippen LogP contribution is 2.40. The van der Waals surface area contributed by atoms with Gasteiger partial charge in [0.05, 0.1) is 32.5 Å². The van der Waals surface area contributed by atoms with Crippen LogP contribution in [-0.4, -0.2) is 33.9 Å². The van der Waals surface area contributed by atoms with E-state index in [4.69, 9.17) is 14.2 Å². The lowest BCUT2D eigenvalue weighted by molar-refractivity contribution is 0.0273. The minimum Gasteiger partial charge on any atom is -0.493 e. The van der Waals surface area contributed by atoms with Crippen molar-refractivity contribution in [3.63, 3.8) is 0 Å². The van der Waals surface area contributed by atoms with Gasteiger partial charge in [0, 0.05) is 13.1 Å². The Balaban J connectivity index is 2.41. The van der Waals surface area contributed by atoms with Crippen molar-refractivity contribution in [1.29, 1.82) is 0 Å². The molecule has 0 aromatic heterocycles. The zero-order valence-electron chi connectivity index (χ0n) is 10.9. The van der Waals surface area contributed by atoms with Crippen LogP contribution in [0.1, 0.15) is 23.7 Å². The molecule has 1 aromatic carbocycles. The Morgan fingerprint density at radius 2 is 2.11 bits per heavy atom. The first-order chi connectivity index (χ1) is 9.17. The Morgan fingerprint density at radius 1 is 1.32 bits per heavy atom. The van der Waals surface area contributed by atoms with Crippen LogP contribution >= 0.6 is 0 Å². The van der Waals surface area contributed by atoms with Gasteiger partial charge in [0.25, 0.3) is 6.43 Å². The highest BCUT2D eigenvalue weighted by molar-refractivity contribution is 5.50. The zero-order valence-corrected chi connectivity index (χ0v) is 10.9. The van der Waals surface area contributed by atoms with Crippen LogP contribution in [0.2, 0.25) is 0 Å². The quantitative estimate of drug-likeness (QED) is 0.913. The molecule has 1 heterocycles. The number of hydrogen-bond donors (Lipinski definition) is 1. The predicted molar refractivity (Wildman–Crippen MR) is 66.1 cm³/mol. The van der Waals surface area contributed by atoms with Gasteiger partial charge in [-0.1, -0.05) is 0 Å². The smallest absolute Gasteiger partial charge is 0.267 e. The van der Waals surface area contributed by atoms with Crippen molar-refractivity contribution >= 4 is 0 Å². The molecule has 0 spiro atoms. The van der Waals surface area contributed by atoms with Gasteiger partial charge in [-0.25, -0.2) is 8.78 Å². The molecule has 0 bridgehead atoms. The molecule has 1 aromatic rings. The highest BCUT2D eigenvalue weighted by Gasteiger charge is 2.24. The Bertz CT molecular complexity index is 434. The number of morpholine rings is 1. The van der Waals surface area contributed by atoms with Crippen LogP contribution in [0.15, 0.2) is 12.1 Å². The number of rotatable bonds is 4. The average Bonchev–Trinajstić information content (AvgIpc) is 2.46. The molecule has 6 heteroatoms. The Labute approximate surface area is 110 Å². The minimum atomic E-state index is -2.62. The van der Waals surface area contributed by atoms with E-state index in [2.05, 4.69) is 5.32 Å². The van der Waals surface area contributed by atoms with Gasteiger partial charge in [0.2, 0.25) is 0 Å². The fraction of sp³-hybridized carbons (Fsp3) is 0.538. The topological polar surface area (TPSA) is 39.7 Å². The molecule has 0 aliphatic carbocycles. The molecule has 0 amide bonds. The number of hydrogen-bond acceptors (Lipinski definition) is 4. The molecule has 1 atom stereocenters. The number of nitrogens with one attached hydrogen (secondary N) is 1. The lowest BCUT2D eigenvalue weighted by Crippen LogP contribution is -2.33. The standard InChI is InChI=1S/C13H17F2NO3/c1-17-10-6-8(11-7-16-3-4-19-11)5-9(13(14)15)12(10)18-2/h5-6,11,13,16H,3-4,7H2,1-2H3. The Hall–Kier alpha value is -1.40. The fourth-order valence-corrected chi connectivity index (χ4v) is 2.14. The van der Waals surface area contributed by atoms with Gasteiger partial charge in [0.1, 0.15) is 0 Å². The summed E-state index contributed by atoms with van der Waals surface area (Å²) < 4.78 is 41.9. The summed E-state index contributed by atoms with van der Waals surface area (Å²) >= 11 is 0. The van der Waals surface area contributed by atoms with Crippen molar-refractivity contribution in [2.75, 3.05) is 33.9 Å². The largest absolute Gasteiger partial charge is 0.493 e. The van der Waals surface area contributed by atoms with Crippen molar-refractivity contribution in [1.82, 2.24) is 5.32 Å². The van der Waals surface area contributed by atoms with Gasteiger partial charge in [-0.05, 0) is 17.7 Å². The molecule has 19 heavy (non-hydrogen) atoms. The van der Waals surface area contributed by atoms with Crippen molar-refractivity contribution in [2.24, 2.45) is 0 Å². The van der Waals surface area contributed by atoms with Crippen molar-refractivity contribution in [3.8, 4) is 11.5 Å². The summed E-state index contributed by atoms with van der Waals surface area (Å²) in [4.78, 5) is 0. The summed E-state index contributed by atoms with van der Waals surface area (Å²) in [6, 6.07) is 3.10. The van der Waals surface area contributed by atoms with E-state index in [1.165, 1.54) is 20.3 Å². The van der Waals surface area contributed by atoms with E-state index < -0.39 is 6.43 Å². The van der Waals surface area contributed by atoms with Crippen LogP contribution in [-0.2, 0) is 4.74 Å². The molecule has 0 radical (unpaired) electrons. The Morgan fingerprint density at radius 3 is 2.63 bits per heavy atom. The number of benzene rings is 1. The second-order valence-electron chi connectivity index (χ2n) is 4.21. The van der Waals surface area contributed by atoms with E-state index in [0.29, 0.717) is 24.5 Å². The van der Waals surface area contributed by atoms with Gasteiger partial charge in [-0.3, -0.25) is 0 Å². The van der Waals surface area contributed by atoms with Crippen molar-refractivity contribution in [3.05, 3.63) is 23.3 Å². The summed E-state index contributed by atoms with van der Waals surface area (Å²) in [6.45, 7) is 1.92. The van der Waals surface area contributed by atoms with Crippen molar-refractivity contribution in [2.45, 2.75) is 12.5 Å². The van der Waals surface area contributed by atoms with E-state index in [0.717, 1.165) is 6.54 Å². The number of halogens is 2. The molecule has 1 fully saturated rings. The van der Waals surface area contributed by atoms with Crippen LogP contribution in [0.25, 0.3) is 0 Å². The van der Waals surface area contributed by atoms with Gasteiger partial charge < -0.3 is 19.5 Å². The number of ether oxygens (including phenoxy) is 3. The number of alkyl halides is 2. The Kier molecular flexibility index (Phi) is 4.55. The minimum absolute atomic E-state index is 0.0741. The molecule has 1 N–H and O–H groups in total. The monoisotopic (exact) mass is 273 g/mol. The second kappa shape index (κ2) is 6.16. The maximum absolute atomic E-state index is 13.1. The first-order valence-corrected chi connectivity index (χ1v) is 6.03. The molecule has 1 unspecified atom stereocenters. The molecule has 1 saturated heterocycles. The molecule has 0 saturated carbocycles. The van der Waals surface area contributed by atoms with E-state index >= 15 is 0 Å². The summed E-state index contributed by atoms with van der Waals surface area (Å²) in [5.74, 6) is 0.370. The molecule has 106 valence electrons. The molecule has 1 aliphatic heterocycles. The lowest BCUT2D eigenvalue weighted by atomic mass is 10.0. The summed E-state index contributed by atoms with van der Waals surface area (Å²) in [7, 11) is 2.78. The molecule has 4 nitrogen and oxygen atoms in total. The van der Waals surface area contributed by atoms with Gasteiger partial charge in [-0.15, -0.1) is 0 Å². The predicted octanol–water partition coefficient (Wildman–Crippen LogP) is 2.30. The third-order valence-corrected chi connectivity index (χ3v) is 3.06.